The molecule has 2 rings (SSSR count). The van der Waals surface area contributed by atoms with Crippen LogP contribution in [0.1, 0.15) is 46.8 Å². The lowest BCUT2D eigenvalue weighted by molar-refractivity contribution is -0.141. The standard InChI is InChI=1S/C23H25NO6/c1-14-4-7-18(12-15(14)2)21(26)10-11-22(27)24-20(23(28)29)13-17-5-8-19(9-6-17)30-16(3)25/h4-9,12,20H,10-11,13H2,1-3H3,(H,24,27)(H,28,29). The maximum absolute atomic E-state index is 12.3. The number of aryl methyl sites for hydroxylation is 2. The normalized spacial score (nSPS) is 11.4. The third-order valence-corrected chi connectivity index (χ3v) is 4.67. The zero-order valence-electron chi connectivity index (χ0n) is 17.2. The van der Waals surface area contributed by atoms with E-state index >= 15 is 0 Å². The fraction of sp³-hybridized carbons (Fsp3) is 0.304. The minimum Gasteiger partial charge on any atom is -0.480 e. The van der Waals surface area contributed by atoms with Crippen molar-refractivity contribution in [3.8, 4) is 5.75 Å². The van der Waals surface area contributed by atoms with E-state index in [4.69, 9.17) is 4.74 Å². The molecule has 7 heteroatoms. The number of carboxylic acids is 1. The topological polar surface area (TPSA) is 110 Å². The van der Waals surface area contributed by atoms with Crippen molar-refractivity contribution >= 4 is 23.6 Å². The first-order valence-corrected chi connectivity index (χ1v) is 9.55. The van der Waals surface area contributed by atoms with Gasteiger partial charge in [-0.25, -0.2) is 4.79 Å². The first-order valence-electron chi connectivity index (χ1n) is 9.55. The molecule has 1 atom stereocenters. The number of carbonyl (C=O) groups is 4. The first kappa shape index (κ1) is 22.8. The molecule has 0 heterocycles. The zero-order valence-corrected chi connectivity index (χ0v) is 17.2. The first-order chi connectivity index (χ1) is 14.2. The molecule has 0 aromatic heterocycles. The Balaban J connectivity index is 1.91. The average molecular weight is 411 g/mol. The van der Waals surface area contributed by atoms with E-state index < -0.39 is 23.9 Å². The van der Waals surface area contributed by atoms with Crippen LogP contribution < -0.4 is 10.1 Å². The Morgan fingerprint density at radius 3 is 2.20 bits per heavy atom. The van der Waals surface area contributed by atoms with Gasteiger partial charge >= 0.3 is 11.9 Å². The van der Waals surface area contributed by atoms with Crippen molar-refractivity contribution in [3.63, 3.8) is 0 Å². The smallest absolute Gasteiger partial charge is 0.326 e. The number of amides is 1. The SMILES string of the molecule is CC(=O)Oc1ccc(CC(NC(=O)CCC(=O)c2ccc(C)c(C)c2)C(=O)O)cc1. The van der Waals surface area contributed by atoms with Gasteiger partial charge in [0.2, 0.25) is 5.91 Å². The number of rotatable bonds is 9. The molecule has 2 aromatic carbocycles. The fourth-order valence-electron chi connectivity index (χ4n) is 2.85. The van der Waals surface area contributed by atoms with Crippen LogP contribution in [0.3, 0.4) is 0 Å². The number of hydrogen-bond acceptors (Lipinski definition) is 5. The van der Waals surface area contributed by atoms with E-state index in [-0.39, 0.29) is 25.0 Å². The van der Waals surface area contributed by atoms with Gasteiger partial charge < -0.3 is 15.2 Å². The molecule has 158 valence electrons. The lowest BCUT2D eigenvalue weighted by atomic mass is 10.0. The molecule has 0 radical (unpaired) electrons. The number of nitrogens with one attached hydrogen (secondary N) is 1. The number of ether oxygens (including phenoxy) is 1. The molecular weight excluding hydrogens is 386 g/mol. The number of benzene rings is 2. The van der Waals surface area contributed by atoms with Gasteiger partial charge in [-0.2, -0.15) is 0 Å². The quantitative estimate of drug-likeness (QED) is 0.373. The summed E-state index contributed by atoms with van der Waals surface area (Å²) in [6.07, 6.45) is -0.0365. The molecule has 0 fully saturated rings. The van der Waals surface area contributed by atoms with E-state index in [0.717, 1.165) is 11.1 Å². The van der Waals surface area contributed by atoms with Crippen molar-refractivity contribution < 1.29 is 29.0 Å². The van der Waals surface area contributed by atoms with Crippen molar-refractivity contribution in [1.29, 1.82) is 0 Å². The Bertz CT molecular complexity index is 949. The van der Waals surface area contributed by atoms with Crippen LogP contribution in [0.4, 0.5) is 0 Å². The van der Waals surface area contributed by atoms with Crippen LogP contribution in [0.25, 0.3) is 0 Å². The van der Waals surface area contributed by atoms with Gasteiger partial charge in [-0.15, -0.1) is 0 Å². The number of Topliss-reactive ketones (excluding diaryl/α,β-unsaturated/α-hetero) is 1. The highest BCUT2D eigenvalue weighted by atomic mass is 16.5. The fourth-order valence-corrected chi connectivity index (χ4v) is 2.85. The highest BCUT2D eigenvalue weighted by Crippen LogP contribution is 2.15. The molecule has 30 heavy (non-hydrogen) atoms. The molecule has 7 nitrogen and oxygen atoms in total. The van der Waals surface area contributed by atoms with Crippen LogP contribution in [-0.2, 0) is 20.8 Å². The van der Waals surface area contributed by atoms with Gasteiger partial charge in [0.05, 0.1) is 0 Å². The summed E-state index contributed by atoms with van der Waals surface area (Å²) in [5.74, 6) is -1.94. The molecule has 2 aromatic rings. The van der Waals surface area contributed by atoms with Crippen molar-refractivity contribution in [1.82, 2.24) is 5.32 Å². The van der Waals surface area contributed by atoms with Crippen molar-refractivity contribution in [2.75, 3.05) is 0 Å². The van der Waals surface area contributed by atoms with Gasteiger partial charge in [-0.3, -0.25) is 14.4 Å². The molecule has 1 unspecified atom stereocenters. The molecular formula is C23H25NO6. The number of esters is 1. The second kappa shape index (κ2) is 10.3. The van der Waals surface area contributed by atoms with Crippen molar-refractivity contribution in [2.24, 2.45) is 0 Å². The maximum Gasteiger partial charge on any atom is 0.326 e. The minimum atomic E-state index is -1.17. The number of carbonyl (C=O) groups excluding carboxylic acids is 3. The number of hydrogen-bond donors (Lipinski definition) is 2. The third-order valence-electron chi connectivity index (χ3n) is 4.67. The Morgan fingerprint density at radius 1 is 0.967 bits per heavy atom. The van der Waals surface area contributed by atoms with Gasteiger partial charge in [0, 0.05) is 31.7 Å². The molecule has 0 saturated carbocycles. The van der Waals surface area contributed by atoms with Crippen molar-refractivity contribution in [2.45, 2.75) is 46.1 Å². The zero-order chi connectivity index (χ0) is 22.3. The van der Waals surface area contributed by atoms with E-state index in [9.17, 15) is 24.3 Å². The minimum absolute atomic E-state index is 0.00223. The second-order valence-corrected chi connectivity index (χ2v) is 7.12. The molecule has 2 N–H and O–H groups in total. The van der Waals surface area contributed by atoms with Gasteiger partial charge in [0.15, 0.2) is 5.78 Å². The lowest BCUT2D eigenvalue weighted by Gasteiger charge is -2.15. The summed E-state index contributed by atoms with van der Waals surface area (Å²) in [5.41, 5.74) is 3.27. The van der Waals surface area contributed by atoms with E-state index in [2.05, 4.69) is 5.32 Å². The summed E-state index contributed by atoms with van der Waals surface area (Å²) >= 11 is 0. The highest BCUT2D eigenvalue weighted by Gasteiger charge is 2.21. The van der Waals surface area contributed by atoms with Crippen LogP contribution in [0.2, 0.25) is 0 Å². The summed E-state index contributed by atoms with van der Waals surface area (Å²) in [6.45, 7) is 5.15. The average Bonchev–Trinajstić information content (AvgIpc) is 2.68. The molecule has 0 bridgehead atoms. The largest absolute Gasteiger partial charge is 0.480 e. The molecule has 0 saturated heterocycles. The Kier molecular flexibility index (Phi) is 7.86. The van der Waals surface area contributed by atoms with Gasteiger partial charge in [-0.1, -0.05) is 24.3 Å². The number of aliphatic carboxylic acids is 1. The molecule has 1 amide bonds. The maximum atomic E-state index is 12.3. The van der Waals surface area contributed by atoms with Crippen LogP contribution in [-0.4, -0.2) is 34.8 Å². The third kappa shape index (κ3) is 6.84. The second-order valence-electron chi connectivity index (χ2n) is 7.12. The Labute approximate surface area is 175 Å². The summed E-state index contributed by atoms with van der Waals surface area (Å²) < 4.78 is 4.93. The molecule has 0 aliphatic rings. The van der Waals surface area contributed by atoms with Crippen LogP contribution in [0.5, 0.6) is 5.75 Å². The van der Waals surface area contributed by atoms with Crippen molar-refractivity contribution in [3.05, 3.63) is 64.7 Å². The molecule has 0 spiro atoms. The Morgan fingerprint density at radius 2 is 1.63 bits per heavy atom. The summed E-state index contributed by atoms with van der Waals surface area (Å²) in [6, 6.07) is 10.6. The summed E-state index contributed by atoms with van der Waals surface area (Å²) in [5, 5.41) is 11.9. The predicted molar refractivity (Wildman–Crippen MR) is 111 cm³/mol. The van der Waals surface area contributed by atoms with E-state index in [1.54, 1.807) is 36.4 Å². The monoisotopic (exact) mass is 411 g/mol. The summed E-state index contributed by atoms with van der Waals surface area (Å²) in [4.78, 5) is 47.0. The van der Waals surface area contributed by atoms with Crippen LogP contribution in [0, 0.1) is 13.8 Å². The lowest BCUT2D eigenvalue weighted by Crippen LogP contribution is -2.42. The van der Waals surface area contributed by atoms with Gasteiger partial charge in [-0.05, 0) is 48.7 Å². The molecule has 0 aliphatic carbocycles. The van der Waals surface area contributed by atoms with Gasteiger partial charge in [0.1, 0.15) is 11.8 Å². The number of ketones is 1. The van der Waals surface area contributed by atoms with E-state index in [0.29, 0.717) is 16.9 Å². The molecule has 0 aliphatic heterocycles. The van der Waals surface area contributed by atoms with Crippen LogP contribution in [0.15, 0.2) is 42.5 Å². The van der Waals surface area contributed by atoms with E-state index in [1.165, 1.54) is 6.92 Å². The number of carboxylic acid groups (broad SMARTS) is 1. The predicted octanol–water partition coefficient (Wildman–Crippen LogP) is 3.00. The van der Waals surface area contributed by atoms with Crippen LogP contribution >= 0.6 is 0 Å². The van der Waals surface area contributed by atoms with E-state index in [1.807, 2.05) is 19.9 Å². The Hall–Kier alpha value is -3.48. The summed E-state index contributed by atoms with van der Waals surface area (Å²) in [7, 11) is 0. The van der Waals surface area contributed by atoms with Gasteiger partial charge in [0.25, 0.3) is 0 Å². The highest BCUT2D eigenvalue weighted by molar-refractivity contribution is 5.98.